The lowest BCUT2D eigenvalue weighted by atomic mass is 9.81. The molecule has 0 N–H and O–H groups in total. The highest BCUT2D eigenvalue weighted by Gasteiger charge is 2.25. The van der Waals surface area contributed by atoms with E-state index in [1.165, 1.54) is 38.5 Å². The van der Waals surface area contributed by atoms with Gasteiger partial charge in [-0.15, -0.1) is 0 Å². The summed E-state index contributed by atoms with van der Waals surface area (Å²) in [4.78, 5) is 16.2. The number of amides is 1. The Morgan fingerprint density at radius 1 is 1.08 bits per heavy atom. The molecular weight excluding hydrogens is 296 g/mol. The second-order valence-corrected chi connectivity index (χ2v) is 7.78. The molecule has 3 heteroatoms. The molecule has 1 heterocycles. The SMILES string of the molecule is CN(C)CC(=O)N1CCC(C2=CCCC(C3=CCCCC3)=C2)CC1. The largest absolute Gasteiger partial charge is 0.342 e. The summed E-state index contributed by atoms with van der Waals surface area (Å²) in [5, 5.41) is 0. The number of nitrogens with zero attached hydrogens (tertiary/aromatic N) is 2. The highest BCUT2D eigenvalue weighted by Crippen LogP contribution is 2.35. The first kappa shape index (κ1) is 17.5. The quantitative estimate of drug-likeness (QED) is 0.780. The Bertz CT molecular complexity index is 548. The van der Waals surface area contributed by atoms with E-state index in [1.807, 2.05) is 23.9 Å². The fourth-order valence-corrected chi connectivity index (χ4v) is 4.23. The van der Waals surface area contributed by atoms with Gasteiger partial charge in [0.2, 0.25) is 5.91 Å². The van der Waals surface area contributed by atoms with Crippen molar-refractivity contribution in [2.45, 2.75) is 51.4 Å². The number of likely N-dealkylation sites (tertiary alicyclic amines) is 1. The Labute approximate surface area is 147 Å². The molecule has 1 fully saturated rings. The van der Waals surface area contributed by atoms with Gasteiger partial charge in [-0.1, -0.05) is 18.2 Å². The summed E-state index contributed by atoms with van der Waals surface area (Å²) >= 11 is 0. The molecule has 0 bridgehead atoms. The molecule has 0 aromatic rings. The van der Waals surface area contributed by atoms with Crippen molar-refractivity contribution < 1.29 is 4.79 Å². The average Bonchev–Trinajstić information content (AvgIpc) is 2.62. The second kappa shape index (κ2) is 8.15. The summed E-state index contributed by atoms with van der Waals surface area (Å²) in [6, 6.07) is 0. The molecule has 1 amide bonds. The zero-order valence-corrected chi connectivity index (χ0v) is 15.4. The van der Waals surface area contributed by atoms with Crippen LogP contribution in [0.2, 0.25) is 0 Å². The van der Waals surface area contributed by atoms with Gasteiger partial charge < -0.3 is 9.80 Å². The summed E-state index contributed by atoms with van der Waals surface area (Å²) in [7, 11) is 3.92. The van der Waals surface area contributed by atoms with E-state index in [-0.39, 0.29) is 5.91 Å². The molecular formula is C21H32N2O. The van der Waals surface area contributed by atoms with Crippen LogP contribution in [0.15, 0.2) is 34.9 Å². The van der Waals surface area contributed by atoms with Crippen LogP contribution in [-0.2, 0) is 4.79 Å². The number of allylic oxidation sites excluding steroid dienone is 6. The van der Waals surface area contributed by atoms with Gasteiger partial charge in [-0.2, -0.15) is 0 Å². The van der Waals surface area contributed by atoms with Crippen LogP contribution in [0.1, 0.15) is 51.4 Å². The Morgan fingerprint density at radius 3 is 2.54 bits per heavy atom. The van der Waals surface area contributed by atoms with Gasteiger partial charge in [0.1, 0.15) is 0 Å². The van der Waals surface area contributed by atoms with Gasteiger partial charge in [0.05, 0.1) is 6.54 Å². The van der Waals surface area contributed by atoms with Crippen molar-refractivity contribution in [1.82, 2.24) is 9.80 Å². The molecule has 132 valence electrons. The Balaban J connectivity index is 1.58. The number of likely N-dealkylation sites (N-methyl/N-ethyl adjacent to an activating group) is 1. The van der Waals surface area contributed by atoms with E-state index >= 15 is 0 Å². The lowest BCUT2D eigenvalue weighted by molar-refractivity contribution is -0.133. The van der Waals surface area contributed by atoms with Crippen molar-refractivity contribution in [2.24, 2.45) is 5.92 Å². The highest BCUT2D eigenvalue weighted by atomic mass is 16.2. The molecule has 3 aliphatic rings. The van der Waals surface area contributed by atoms with Crippen molar-refractivity contribution in [3.8, 4) is 0 Å². The monoisotopic (exact) mass is 328 g/mol. The zero-order chi connectivity index (χ0) is 16.9. The lowest BCUT2D eigenvalue weighted by Crippen LogP contribution is -2.42. The zero-order valence-electron chi connectivity index (χ0n) is 15.4. The average molecular weight is 329 g/mol. The van der Waals surface area contributed by atoms with E-state index in [0.717, 1.165) is 25.9 Å². The van der Waals surface area contributed by atoms with Crippen LogP contribution in [0.5, 0.6) is 0 Å². The third kappa shape index (κ3) is 4.38. The Hall–Kier alpha value is -1.35. The third-order valence-corrected chi connectivity index (χ3v) is 5.61. The van der Waals surface area contributed by atoms with Crippen molar-refractivity contribution in [2.75, 3.05) is 33.7 Å². The molecule has 24 heavy (non-hydrogen) atoms. The summed E-state index contributed by atoms with van der Waals surface area (Å²) in [6.07, 6.45) is 17.3. The number of hydrogen-bond donors (Lipinski definition) is 0. The van der Waals surface area contributed by atoms with Gasteiger partial charge >= 0.3 is 0 Å². The maximum Gasteiger partial charge on any atom is 0.236 e. The maximum atomic E-state index is 12.2. The molecule has 0 radical (unpaired) electrons. The van der Waals surface area contributed by atoms with Crippen LogP contribution >= 0.6 is 0 Å². The minimum Gasteiger partial charge on any atom is -0.342 e. The van der Waals surface area contributed by atoms with Crippen molar-refractivity contribution >= 4 is 5.91 Å². The normalized spacial score (nSPS) is 23.0. The topological polar surface area (TPSA) is 23.6 Å². The van der Waals surface area contributed by atoms with Gasteiger partial charge in [0, 0.05) is 13.1 Å². The molecule has 2 aliphatic carbocycles. The molecule has 1 saturated heterocycles. The number of carbonyl (C=O) groups is 1. The molecule has 0 aromatic carbocycles. The van der Waals surface area contributed by atoms with Crippen LogP contribution in [0.25, 0.3) is 0 Å². The first-order valence-corrected chi connectivity index (χ1v) is 9.66. The van der Waals surface area contributed by atoms with E-state index in [9.17, 15) is 4.79 Å². The van der Waals surface area contributed by atoms with E-state index < -0.39 is 0 Å². The number of piperidine rings is 1. The fourth-order valence-electron chi connectivity index (χ4n) is 4.23. The predicted octanol–water partition coefficient (Wildman–Crippen LogP) is 3.93. The van der Waals surface area contributed by atoms with Gasteiger partial charge in [0.15, 0.2) is 0 Å². The molecule has 0 spiro atoms. The fraction of sp³-hybridized carbons (Fsp3) is 0.667. The number of hydrogen-bond acceptors (Lipinski definition) is 2. The molecule has 3 rings (SSSR count). The summed E-state index contributed by atoms with van der Waals surface area (Å²) in [5.74, 6) is 0.924. The minimum atomic E-state index is 0.277. The first-order chi connectivity index (χ1) is 11.6. The predicted molar refractivity (Wildman–Crippen MR) is 99.8 cm³/mol. The van der Waals surface area contributed by atoms with Crippen LogP contribution < -0.4 is 0 Å². The van der Waals surface area contributed by atoms with Crippen LogP contribution in [0, 0.1) is 5.92 Å². The summed E-state index contributed by atoms with van der Waals surface area (Å²) < 4.78 is 0. The molecule has 0 aromatic heterocycles. The van der Waals surface area contributed by atoms with Gasteiger partial charge in [-0.05, 0) is 88.1 Å². The standard InChI is InChI=1S/C21H32N2O/c1-22(2)16-21(24)23-13-11-18(12-14-23)20-10-6-9-19(15-20)17-7-4-3-5-8-17/h7,10,15,18H,3-6,8-9,11-14,16H2,1-2H3. The van der Waals surface area contributed by atoms with E-state index in [2.05, 4.69) is 18.2 Å². The Kier molecular flexibility index (Phi) is 5.94. The van der Waals surface area contributed by atoms with Gasteiger partial charge in [0.25, 0.3) is 0 Å². The van der Waals surface area contributed by atoms with Gasteiger partial charge in [-0.3, -0.25) is 4.79 Å². The highest BCUT2D eigenvalue weighted by molar-refractivity contribution is 5.78. The van der Waals surface area contributed by atoms with Crippen molar-refractivity contribution in [1.29, 1.82) is 0 Å². The van der Waals surface area contributed by atoms with Crippen LogP contribution in [0.3, 0.4) is 0 Å². The number of rotatable bonds is 4. The van der Waals surface area contributed by atoms with E-state index in [4.69, 9.17) is 0 Å². The Morgan fingerprint density at radius 2 is 1.88 bits per heavy atom. The van der Waals surface area contributed by atoms with E-state index in [0.29, 0.717) is 12.5 Å². The maximum absolute atomic E-state index is 12.2. The van der Waals surface area contributed by atoms with Crippen LogP contribution in [0.4, 0.5) is 0 Å². The smallest absolute Gasteiger partial charge is 0.236 e. The first-order valence-electron chi connectivity index (χ1n) is 9.66. The van der Waals surface area contributed by atoms with Crippen molar-refractivity contribution in [3.63, 3.8) is 0 Å². The van der Waals surface area contributed by atoms with Crippen LogP contribution in [-0.4, -0.2) is 49.4 Å². The molecule has 1 aliphatic heterocycles. The van der Waals surface area contributed by atoms with E-state index in [1.54, 1.807) is 16.7 Å². The van der Waals surface area contributed by atoms with Gasteiger partial charge in [-0.25, -0.2) is 0 Å². The molecule has 3 nitrogen and oxygen atoms in total. The molecule has 0 unspecified atom stereocenters. The summed E-state index contributed by atoms with van der Waals surface area (Å²) in [6.45, 7) is 2.37. The van der Waals surface area contributed by atoms with Crippen molar-refractivity contribution in [3.05, 3.63) is 34.9 Å². The lowest BCUT2D eigenvalue weighted by Gasteiger charge is -2.34. The molecule has 0 saturated carbocycles. The second-order valence-electron chi connectivity index (χ2n) is 7.78. The number of carbonyl (C=O) groups excluding carboxylic acids is 1. The molecule has 0 atom stereocenters. The third-order valence-electron chi connectivity index (χ3n) is 5.61. The summed E-state index contributed by atoms with van der Waals surface area (Å²) in [5.41, 5.74) is 4.76. The minimum absolute atomic E-state index is 0.277.